The van der Waals surface area contributed by atoms with Crippen LogP contribution in [0.1, 0.15) is 18.4 Å². The summed E-state index contributed by atoms with van der Waals surface area (Å²) in [6.45, 7) is 0.270. The standard InChI is InChI=1S/C13H18N2O4S/c1-20(18)7-9-6-10(14)2-3-11(9)19-8-13(4-5-13)15-12(16)17/h2-3,6,15H,4-5,7-8,14H2,1H3,(H,16,17). The van der Waals surface area contributed by atoms with Crippen molar-refractivity contribution in [2.45, 2.75) is 24.1 Å². The molecule has 0 spiro atoms. The van der Waals surface area contributed by atoms with Gasteiger partial charge in [-0.3, -0.25) is 0 Å². The molecule has 110 valence electrons. The number of hydrogen-bond acceptors (Lipinski definition) is 4. The second kappa shape index (κ2) is 5.80. The van der Waals surface area contributed by atoms with Crippen molar-refractivity contribution in [3.63, 3.8) is 0 Å². The summed E-state index contributed by atoms with van der Waals surface area (Å²) in [4.78, 5) is 10.7. The number of nitrogen functional groups attached to an aromatic ring is 1. The molecule has 1 aromatic rings. The molecule has 0 aromatic heterocycles. The molecule has 20 heavy (non-hydrogen) atoms. The van der Waals surface area contributed by atoms with E-state index in [0.717, 1.165) is 18.4 Å². The molecule has 0 saturated heterocycles. The lowest BCUT2D eigenvalue weighted by Gasteiger charge is -2.18. The minimum Gasteiger partial charge on any atom is -0.616 e. The highest BCUT2D eigenvalue weighted by molar-refractivity contribution is 7.89. The Morgan fingerprint density at radius 1 is 1.60 bits per heavy atom. The van der Waals surface area contributed by atoms with Gasteiger partial charge in [-0.1, -0.05) is 11.2 Å². The Morgan fingerprint density at radius 3 is 2.85 bits per heavy atom. The first-order valence-electron chi connectivity index (χ1n) is 6.23. The highest BCUT2D eigenvalue weighted by Crippen LogP contribution is 2.36. The summed E-state index contributed by atoms with van der Waals surface area (Å²) in [7, 11) is 0. The number of amides is 1. The lowest BCUT2D eigenvalue weighted by molar-refractivity contribution is 0.177. The third-order valence-electron chi connectivity index (χ3n) is 3.17. The van der Waals surface area contributed by atoms with Crippen molar-refractivity contribution in [2.75, 3.05) is 18.6 Å². The molecular weight excluding hydrogens is 280 g/mol. The molecule has 6 nitrogen and oxygen atoms in total. The normalized spacial score (nSPS) is 17.3. The summed E-state index contributed by atoms with van der Waals surface area (Å²) in [5, 5.41) is 11.3. The maximum absolute atomic E-state index is 11.4. The fourth-order valence-corrected chi connectivity index (χ4v) is 2.63. The number of nitrogens with two attached hydrogens (primary N) is 1. The summed E-state index contributed by atoms with van der Waals surface area (Å²) >= 11 is -0.999. The molecule has 1 saturated carbocycles. The number of benzene rings is 1. The monoisotopic (exact) mass is 298 g/mol. The van der Waals surface area contributed by atoms with Crippen LogP contribution in [0.5, 0.6) is 5.75 Å². The third-order valence-corrected chi connectivity index (χ3v) is 3.89. The molecular formula is C13H18N2O4S. The average Bonchev–Trinajstić information content (AvgIpc) is 3.06. The zero-order valence-corrected chi connectivity index (χ0v) is 12.0. The third kappa shape index (κ3) is 3.94. The van der Waals surface area contributed by atoms with Gasteiger partial charge in [-0.2, -0.15) is 0 Å². The van der Waals surface area contributed by atoms with E-state index in [1.807, 2.05) is 0 Å². The average molecular weight is 298 g/mol. The molecule has 1 fully saturated rings. The maximum atomic E-state index is 11.4. The summed E-state index contributed by atoms with van der Waals surface area (Å²) < 4.78 is 17.1. The van der Waals surface area contributed by atoms with E-state index in [-0.39, 0.29) is 6.61 Å². The Bertz CT molecular complexity index is 503. The van der Waals surface area contributed by atoms with Crippen LogP contribution in [0.15, 0.2) is 18.2 Å². The van der Waals surface area contributed by atoms with Gasteiger partial charge in [-0.15, -0.1) is 0 Å². The second-order valence-electron chi connectivity index (χ2n) is 5.08. The summed E-state index contributed by atoms with van der Waals surface area (Å²) in [6, 6.07) is 5.18. The van der Waals surface area contributed by atoms with Crippen molar-refractivity contribution in [2.24, 2.45) is 0 Å². The smallest absolute Gasteiger partial charge is 0.405 e. The van der Waals surface area contributed by atoms with Crippen LogP contribution >= 0.6 is 0 Å². The van der Waals surface area contributed by atoms with Gasteiger partial charge in [-0.05, 0) is 31.0 Å². The van der Waals surface area contributed by atoms with Crippen molar-refractivity contribution in [1.29, 1.82) is 0 Å². The highest BCUT2D eigenvalue weighted by atomic mass is 32.2. The number of rotatable bonds is 6. The van der Waals surface area contributed by atoms with E-state index >= 15 is 0 Å². The van der Waals surface area contributed by atoms with Crippen LogP contribution in [0.3, 0.4) is 0 Å². The number of ether oxygens (including phenoxy) is 1. The Morgan fingerprint density at radius 2 is 2.30 bits per heavy atom. The molecule has 4 N–H and O–H groups in total. The largest absolute Gasteiger partial charge is 0.616 e. The number of anilines is 1. The van der Waals surface area contributed by atoms with E-state index in [0.29, 0.717) is 17.2 Å². The Balaban J connectivity index is 2.04. The van der Waals surface area contributed by atoms with Crippen LogP contribution in [0.2, 0.25) is 0 Å². The summed E-state index contributed by atoms with van der Waals surface area (Å²) in [5.74, 6) is 0.965. The molecule has 7 heteroatoms. The van der Waals surface area contributed by atoms with E-state index in [9.17, 15) is 9.35 Å². The number of carboxylic acid groups (broad SMARTS) is 1. The van der Waals surface area contributed by atoms with Gasteiger partial charge >= 0.3 is 6.09 Å². The van der Waals surface area contributed by atoms with Gasteiger partial charge < -0.3 is 25.4 Å². The quantitative estimate of drug-likeness (QED) is 0.542. The Kier molecular flexibility index (Phi) is 4.29. The molecule has 2 rings (SSSR count). The van der Waals surface area contributed by atoms with Crippen LogP contribution < -0.4 is 15.8 Å². The van der Waals surface area contributed by atoms with E-state index in [2.05, 4.69) is 5.32 Å². The minimum absolute atomic E-state index is 0.270. The SMILES string of the molecule is C[S+]([O-])Cc1cc(N)ccc1OCC1(NC(=O)O)CC1. The van der Waals surface area contributed by atoms with Gasteiger partial charge in [0.1, 0.15) is 18.1 Å². The fraction of sp³-hybridized carbons (Fsp3) is 0.462. The molecule has 1 aliphatic carbocycles. The van der Waals surface area contributed by atoms with Gasteiger partial charge in [0.2, 0.25) is 0 Å². The first kappa shape index (κ1) is 14.8. The Labute approximate surface area is 120 Å². The maximum Gasteiger partial charge on any atom is 0.405 e. The molecule has 0 radical (unpaired) electrons. The predicted molar refractivity (Wildman–Crippen MR) is 77.2 cm³/mol. The van der Waals surface area contributed by atoms with Crippen LogP contribution in [-0.2, 0) is 16.9 Å². The van der Waals surface area contributed by atoms with Crippen molar-refractivity contribution >= 4 is 23.0 Å². The fourth-order valence-electron chi connectivity index (χ4n) is 1.97. The molecule has 1 atom stereocenters. The molecule has 1 aliphatic rings. The molecule has 1 aromatic carbocycles. The first-order valence-corrected chi connectivity index (χ1v) is 7.95. The van der Waals surface area contributed by atoms with Crippen LogP contribution in [0.4, 0.5) is 10.5 Å². The number of nitrogens with one attached hydrogen (secondary N) is 1. The first-order chi connectivity index (χ1) is 9.40. The van der Waals surface area contributed by atoms with Gasteiger partial charge in [0.15, 0.2) is 0 Å². The van der Waals surface area contributed by atoms with Crippen molar-refractivity contribution in [1.82, 2.24) is 5.32 Å². The van der Waals surface area contributed by atoms with Crippen LogP contribution in [0.25, 0.3) is 0 Å². The lowest BCUT2D eigenvalue weighted by Crippen LogP contribution is -2.40. The van der Waals surface area contributed by atoms with Gasteiger partial charge in [0, 0.05) is 11.3 Å². The van der Waals surface area contributed by atoms with Crippen molar-refractivity contribution in [3.8, 4) is 5.75 Å². The predicted octanol–water partition coefficient (Wildman–Crippen LogP) is 1.33. The van der Waals surface area contributed by atoms with E-state index in [1.165, 1.54) is 0 Å². The molecule has 1 unspecified atom stereocenters. The zero-order chi connectivity index (χ0) is 14.8. The highest BCUT2D eigenvalue weighted by Gasteiger charge is 2.45. The van der Waals surface area contributed by atoms with Crippen molar-refractivity contribution in [3.05, 3.63) is 23.8 Å². The minimum atomic E-state index is -1.04. The molecule has 0 heterocycles. The van der Waals surface area contributed by atoms with E-state index in [1.54, 1.807) is 24.5 Å². The van der Waals surface area contributed by atoms with Gasteiger partial charge in [0.05, 0.1) is 11.8 Å². The van der Waals surface area contributed by atoms with E-state index in [4.69, 9.17) is 15.6 Å². The summed E-state index contributed by atoms with van der Waals surface area (Å²) in [5.41, 5.74) is 6.60. The van der Waals surface area contributed by atoms with Gasteiger partial charge in [-0.25, -0.2) is 4.79 Å². The molecule has 0 bridgehead atoms. The van der Waals surface area contributed by atoms with Gasteiger partial charge in [0.25, 0.3) is 0 Å². The lowest BCUT2D eigenvalue weighted by atomic mass is 10.2. The zero-order valence-electron chi connectivity index (χ0n) is 11.2. The van der Waals surface area contributed by atoms with Crippen LogP contribution in [-0.4, -0.2) is 34.2 Å². The van der Waals surface area contributed by atoms with Crippen molar-refractivity contribution < 1.29 is 19.2 Å². The topological polar surface area (TPSA) is 108 Å². The number of hydrogen-bond donors (Lipinski definition) is 3. The number of carbonyl (C=O) groups is 1. The Hall–Kier alpha value is -1.60. The summed E-state index contributed by atoms with van der Waals surface area (Å²) in [6.07, 6.45) is 2.10. The molecule has 0 aliphatic heterocycles. The van der Waals surface area contributed by atoms with Crippen LogP contribution in [0, 0.1) is 0 Å². The molecule has 1 amide bonds. The van der Waals surface area contributed by atoms with E-state index < -0.39 is 22.8 Å². The second-order valence-corrected chi connectivity index (χ2v) is 6.52.